The number of benzene rings is 2. The second-order valence-corrected chi connectivity index (χ2v) is 4.54. The molecule has 0 radical (unpaired) electrons. The SMILES string of the molecule is COc1ccc(CCOC(=O)c2ccc([N+](=O)[O-])cc2)cc1. The number of methoxy groups -OCH3 is 1. The first-order valence-corrected chi connectivity index (χ1v) is 6.64. The van der Waals surface area contributed by atoms with Crippen LogP contribution in [0, 0.1) is 10.1 Å². The van der Waals surface area contributed by atoms with Gasteiger partial charge in [0.2, 0.25) is 0 Å². The molecule has 0 aliphatic carbocycles. The minimum absolute atomic E-state index is 0.0604. The monoisotopic (exact) mass is 301 g/mol. The largest absolute Gasteiger partial charge is 0.497 e. The Balaban J connectivity index is 1.85. The molecule has 0 amide bonds. The number of carbonyl (C=O) groups is 1. The summed E-state index contributed by atoms with van der Waals surface area (Å²) in [5, 5.41) is 10.5. The summed E-state index contributed by atoms with van der Waals surface area (Å²) in [5.41, 5.74) is 1.26. The number of ether oxygens (including phenoxy) is 2. The molecule has 0 N–H and O–H groups in total. The van der Waals surface area contributed by atoms with Gasteiger partial charge in [0.1, 0.15) is 5.75 Å². The van der Waals surface area contributed by atoms with E-state index in [1.807, 2.05) is 24.3 Å². The molecule has 114 valence electrons. The van der Waals surface area contributed by atoms with Gasteiger partial charge in [0, 0.05) is 18.6 Å². The third kappa shape index (κ3) is 4.05. The molecule has 0 spiro atoms. The Morgan fingerprint density at radius 2 is 1.73 bits per heavy atom. The van der Waals surface area contributed by atoms with Crippen LogP contribution in [0.2, 0.25) is 0 Å². The summed E-state index contributed by atoms with van der Waals surface area (Å²) in [6, 6.07) is 12.8. The van der Waals surface area contributed by atoms with Crippen LogP contribution in [0.5, 0.6) is 5.75 Å². The maximum atomic E-state index is 11.8. The molecule has 2 aromatic carbocycles. The van der Waals surface area contributed by atoms with Crippen LogP contribution in [0.15, 0.2) is 48.5 Å². The molecule has 2 aromatic rings. The number of rotatable bonds is 6. The van der Waals surface area contributed by atoms with Crippen molar-refractivity contribution >= 4 is 11.7 Å². The number of nitro groups is 1. The van der Waals surface area contributed by atoms with Crippen molar-refractivity contribution in [2.24, 2.45) is 0 Å². The summed E-state index contributed by atoms with van der Waals surface area (Å²) >= 11 is 0. The second-order valence-electron chi connectivity index (χ2n) is 4.54. The highest BCUT2D eigenvalue weighted by Gasteiger charge is 2.10. The molecule has 0 unspecified atom stereocenters. The van der Waals surface area contributed by atoms with Gasteiger partial charge < -0.3 is 9.47 Å². The number of nitro benzene ring substituents is 1. The van der Waals surface area contributed by atoms with E-state index < -0.39 is 10.9 Å². The third-order valence-corrected chi connectivity index (χ3v) is 3.10. The topological polar surface area (TPSA) is 78.7 Å². The molecule has 0 bridgehead atoms. The van der Waals surface area contributed by atoms with Crippen molar-refractivity contribution in [3.63, 3.8) is 0 Å². The van der Waals surface area contributed by atoms with Crippen LogP contribution in [0.4, 0.5) is 5.69 Å². The van der Waals surface area contributed by atoms with Crippen molar-refractivity contribution in [2.75, 3.05) is 13.7 Å². The average Bonchev–Trinajstić information content (AvgIpc) is 2.55. The fourth-order valence-electron chi connectivity index (χ4n) is 1.86. The van der Waals surface area contributed by atoms with Crippen molar-refractivity contribution < 1.29 is 19.2 Å². The number of hydrogen-bond donors (Lipinski definition) is 0. The Morgan fingerprint density at radius 3 is 2.27 bits per heavy atom. The van der Waals surface area contributed by atoms with E-state index >= 15 is 0 Å². The molecule has 2 rings (SSSR count). The van der Waals surface area contributed by atoms with Crippen molar-refractivity contribution in [3.05, 3.63) is 69.8 Å². The summed E-state index contributed by atoms with van der Waals surface area (Å²) < 4.78 is 10.2. The summed E-state index contributed by atoms with van der Waals surface area (Å²) in [7, 11) is 1.60. The molecular formula is C16H15NO5. The zero-order chi connectivity index (χ0) is 15.9. The molecule has 0 saturated carbocycles. The fraction of sp³-hybridized carbons (Fsp3) is 0.188. The zero-order valence-corrected chi connectivity index (χ0v) is 12.0. The Labute approximate surface area is 127 Å². The summed E-state index contributed by atoms with van der Waals surface area (Å²) in [4.78, 5) is 21.8. The van der Waals surface area contributed by atoms with E-state index in [1.165, 1.54) is 24.3 Å². The lowest BCUT2D eigenvalue weighted by molar-refractivity contribution is -0.384. The van der Waals surface area contributed by atoms with Gasteiger partial charge in [-0.15, -0.1) is 0 Å². The number of carbonyl (C=O) groups excluding carboxylic acids is 1. The standard InChI is InChI=1S/C16H15NO5/c1-21-15-8-2-12(3-9-15)10-11-22-16(18)13-4-6-14(7-5-13)17(19)20/h2-9H,10-11H2,1H3. The maximum Gasteiger partial charge on any atom is 0.338 e. The van der Waals surface area contributed by atoms with Gasteiger partial charge in [-0.3, -0.25) is 10.1 Å². The van der Waals surface area contributed by atoms with Crippen LogP contribution in [-0.4, -0.2) is 24.6 Å². The molecular weight excluding hydrogens is 286 g/mol. The summed E-state index contributed by atoms with van der Waals surface area (Å²) in [6.07, 6.45) is 0.586. The van der Waals surface area contributed by atoms with Gasteiger partial charge in [-0.1, -0.05) is 12.1 Å². The van der Waals surface area contributed by atoms with E-state index in [1.54, 1.807) is 7.11 Å². The molecule has 0 heterocycles. The smallest absolute Gasteiger partial charge is 0.338 e. The van der Waals surface area contributed by atoms with Gasteiger partial charge in [-0.05, 0) is 29.8 Å². The molecule has 0 aliphatic rings. The number of non-ortho nitro benzene ring substituents is 1. The molecule has 6 heteroatoms. The van der Waals surface area contributed by atoms with E-state index in [0.29, 0.717) is 12.0 Å². The lowest BCUT2D eigenvalue weighted by Crippen LogP contribution is -2.08. The normalized spacial score (nSPS) is 10.0. The van der Waals surface area contributed by atoms with Crippen molar-refractivity contribution in [2.45, 2.75) is 6.42 Å². The molecule has 0 aromatic heterocycles. The highest BCUT2D eigenvalue weighted by Crippen LogP contribution is 2.14. The zero-order valence-electron chi connectivity index (χ0n) is 12.0. The van der Waals surface area contributed by atoms with Crippen LogP contribution in [-0.2, 0) is 11.2 Å². The first-order chi connectivity index (χ1) is 10.6. The van der Waals surface area contributed by atoms with Crippen LogP contribution in [0.3, 0.4) is 0 Å². The van der Waals surface area contributed by atoms with E-state index in [-0.39, 0.29) is 12.3 Å². The molecule has 0 atom stereocenters. The van der Waals surface area contributed by atoms with Crippen LogP contribution in [0.1, 0.15) is 15.9 Å². The van der Waals surface area contributed by atoms with Gasteiger partial charge in [0.25, 0.3) is 5.69 Å². The van der Waals surface area contributed by atoms with Crippen LogP contribution < -0.4 is 4.74 Å². The predicted octanol–water partition coefficient (Wildman–Crippen LogP) is 3.00. The van der Waals surface area contributed by atoms with E-state index in [9.17, 15) is 14.9 Å². The van der Waals surface area contributed by atoms with E-state index in [4.69, 9.17) is 9.47 Å². The van der Waals surface area contributed by atoms with Crippen LogP contribution >= 0.6 is 0 Å². The maximum absolute atomic E-state index is 11.8. The Hall–Kier alpha value is -2.89. The number of esters is 1. The molecule has 0 saturated heterocycles. The fourth-order valence-corrected chi connectivity index (χ4v) is 1.86. The first-order valence-electron chi connectivity index (χ1n) is 6.64. The van der Waals surface area contributed by atoms with Gasteiger partial charge in [-0.2, -0.15) is 0 Å². The lowest BCUT2D eigenvalue weighted by Gasteiger charge is -2.06. The molecule has 22 heavy (non-hydrogen) atoms. The molecule has 0 fully saturated rings. The van der Waals surface area contributed by atoms with Crippen molar-refractivity contribution in [1.29, 1.82) is 0 Å². The Bertz CT molecular complexity index is 649. The highest BCUT2D eigenvalue weighted by atomic mass is 16.6. The third-order valence-electron chi connectivity index (χ3n) is 3.10. The first kappa shape index (κ1) is 15.5. The minimum atomic E-state index is -0.515. The van der Waals surface area contributed by atoms with Crippen molar-refractivity contribution in [3.8, 4) is 5.75 Å². The highest BCUT2D eigenvalue weighted by molar-refractivity contribution is 5.89. The average molecular weight is 301 g/mol. The predicted molar refractivity (Wildman–Crippen MR) is 80.1 cm³/mol. The molecule has 6 nitrogen and oxygen atoms in total. The van der Waals surface area contributed by atoms with Gasteiger partial charge in [-0.25, -0.2) is 4.79 Å². The van der Waals surface area contributed by atoms with Crippen LogP contribution in [0.25, 0.3) is 0 Å². The lowest BCUT2D eigenvalue weighted by atomic mass is 10.1. The van der Waals surface area contributed by atoms with Gasteiger partial charge >= 0.3 is 5.97 Å². The Kier molecular flexibility index (Phi) is 5.08. The van der Waals surface area contributed by atoms with E-state index in [2.05, 4.69) is 0 Å². The molecule has 0 aliphatic heterocycles. The van der Waals surface area contributed by atoms with E-state index in [0.717, 1.165) is 11.3 Å². The van der Waals surface area contributed by atoms with Gasteiger partial charge in [0.05, 0.1) is 24.2 Å². The number of nitrogens with zero attached hydrogens (tertiary/aromatic N) is 1. The summed E-state index contributed by atoms with van der Waals surface area (Å²) in [5.74, 6) is 0.273. The minimum Gasteiger partial charge on any atom is -0.497 e. The second kappa shape index (κ2) is 7.21. The number of hydrogen-bond acceptors (Lipinski definition) is 5. The Morgan fingerprint density at radius 1 is 1.09 bits per heavy atom. The summed E-state index contributed by atoms with van der Waals surface area (Å²) in [6.45, 7) is 0.238. The quantitative estimate of drug-likeness (QED) is 0.465. The van der Waals surface area contributed by atoms with Gasteiger partial charge in [0.15, 0.2) is 0 Å². The van der Waals surface area contributed by atoms with Crippen molar-refractivity contribution in [1.82, 2.24) is 0 Å².